The first-order valence-electron chi connectivity index (χ1n) is 6.21. The molecular weight excluding hydrogens is 321 g/mol. The second-order valence-electron chi connectivity index (χ2n) is 5.27. The van der Waals surface area contributed by atoms with Crippen molar-refractivity contribution in [2.45, 2.75) is 17.9 Å². The Morgan fingerprint density at radius 2 is 2.00 bits per heavy atom. The largest absolute Gasteiger partial charge is 0.305 e. The smallest absolute Gasteiger partial charge is 0.244 e. The molecule has 0 radical (unpaired) electrons. The number of rotatable bonds is 3. The lowest BCUT2D eigenvalue weighted by molar-refractivity contribution is 0.263. The number of hydrogen-bond acceptors (Lipinski definition) is 4. The van der Waals surface area contributed by atoms with Crippen molar-refractivity contribution < 1.29 is 8.42 Å². The predicted molar refractivity (Wildman–Crippen MR) is 79.7 cm³/mol. The van der Waals surface area contributed by atoms with Crippen molar-refractivity contribution in [1.82, 2.24) is 14.2 Å². The third-order valence-electron chi connectivity index (χ3n) is 3.61. The van der Waals surface area contributed by atoms with Gasteiger partial charge in [0.2, 0.25) is 10.0 Å². The maximum Gasteiger partial charge on any atom is 0.244 e. The molecule has 8 heteroatoms. The first kappa shape index (κ1) is 16.0. The van der Waals surface area contributed by atoms with Crippen LogP contribution in [0.15, 0.2) is 17.2 Å². The van der Waals surface area contributed by atoms with Crippen LogP contribution in [-0.2, 0) is 10.0 Å². The van der Waals surface area contributed by atoms with Gasteiger partial charge in [0.05, 0.1) is 5.02 Å². The van der Waals surface area contributed by atoms with Crippen LogP contribution in [0, 0.1) is 5.92 Å². The van der Waals surface area contributed by atoms with Crippen molar-refractivity contribution >= 4 is 33.2 Å². The van der Waals surface area contributed by atoms with Gasteiger partial charge < -0.3 is 4.90 Å². The summed E-state index contributed by atoms with van der Waals surface area (Å²) in [6.07, 6.45) is 1.25. The minimum absolute atomic E-state index is 0.0820. The summed E-state index contributed by atoms with van der Waals surface area (Å²) in [6.45, 7) is 3.01. The maximum absolute atomic E-state index is 12.6. The number of nitrogens with zero attached hydrogens (tertiary/aromatic N) is 3. The Hall–Kier alpha value is -0.400. The van der Waals surface area contributed by atoms with Crippen LogP contribution in [0.2, 0.25) is 10.2 Å². The van der Waals surface area contributed by atoms with Crippen LogP contribution in [0.25, 0.3) is 0 Å². The standard InChI is InChI=1S/C12H17Cl2N3O2S/c1-8-6-17(7-11(8)16(2)3)20(18,19)9-4-10(13)12(14)15-5-9/h4-5,8,11H,6-7H2,1-3H3. The molecule has 0 aliphatic carbocycles. The molecule has 1 aliphatic rings. The lowest BCUT2D eigenvalue weighted by atomic mass is 10.1. The Morgan fingerprint density at radius 1 is 1.35 bits per heavy atom. The molecule has 0 amide bonds. The van der Waals surface area contributed by atoms with Gasteiger partial charge in [0.15, 0.2) is 0 Å². The van der Waals surface area contributed by atoms with Gasteiger partial charge in [-0.25, -0.2) is 13.4 Å². The highest BCUT2D eigenvalue weighted by Gasteiger charge is 2.38. The molecule has 0 bridgehead atoms. The number of sulfonamides is 1. The molecule has 1 aromatic heterocycles. The molecule has 0 aromatic carbocycles. The highest BCUT2D eigenvalue weighted by Crippen LogP contribution is 2.28. The van der Waals surface area contributed by atoms with Gasteiger partial charge in [-0.15, -0.1) is 0 Å². The summed E-state index contributed by atoms with van der Waals surface area (Å²) in [5.74, 6) is 0.274. The topological polar surface area (TPSA) is 53.5 Å². The van der Waals surface area contributed by atoms with Gasteiger partial charge >= 0.3 is 0 Å². The van der Waals surface area contributed by atoms with Crippen molar-refractivity contribution in [3.05, 3.63) is 22.4 Å². The van der Waals surface area contributed by atoms with Gasteiger partial charge in [-0.1, -0.05) is 30.1 Å². The Bertz CT molecular complexity index is 607. The van der Waals surface area contributed by atoms with E-state index in [2.05, 4.69) is 4.98 Å². The molecule has 0 spiro atoms. The minimum atomic E-state index is -3.58. The first-order valence-corrected chi connectivity index (χ1v) is 8.40. The van der Waals surface area contributed by atoms with E-state index in [1.54, 1.807) is 0 Å². The van der Waals surface area contributed by atoms with Crippen LogP contribution in [0.3, 0.4) is 0 Å². The summed E-state index contributed by atoms with van der Waals surface area (Å²) >= 11 is 11.6. The van der Waals surface area contributed by atoms with Crippen LogP contribution in [0.4, 0.5) is 0 Å². The van der Waals surface area contributed by atoms with Gasteiger partial charge in [0, 0.05) is 25.3 Å². The number of halogens is 2. The number of likely N-dealkylation sites (N-methyl/N-ethyl adjacent to an activating group) is 1. The van der Waals surface area contributed by atoms with Gasteiger partial charge in [0.25, 0.3) is 0 Å². The molecule has 112 valence electrons. The Morgan fingerprint density at radius 3 is 2.50 bits per heavy atom. The Balaban J connectivity index is 2.30. The van der Waals surface area contributed by atoms with Crippen molar-refractivity contribution in [3.8, 4) is 0 Å². The first-order chi connectivity index (χ1) is 9.23. The van der Waals surface area contributed by atoms with Gasteiger partial charge in [-0.3, -0.25) is 0 Å². The zero-order chi connectivity index (χ0) is 15.1. The zero-order valence-corrected chi connectivity index (χ0v) is 13.9. The highest BCUT2D eigenvalue weighted by atomic mass is 35.5. The molecule has 1 aromatic rings. The molecule has 1 aliphatic heterocycles. The van der Waals surface area contributed by atoms with E-state index >= 15 is 0 Å². The summed E-state index contributed by atoms with van der Waals surface area (Å²) in [5, 5.41) is 0.246. The fraction of sp³-hybridized carbons (Fsp3) is 0.583. The van der Waals surface area contributed by atoms with Crippen molar-refractivity contribution in [2.75, 3.05) is 27.2 Å². The zero-order valence-electron chi connectivity index (χ0n) is 11.5. The van der Waals surface area contributed by atoms with Crippen LogP contribution < -0.4 is 0 Å². The molecule has 1 saturated heterocycles. The van der Waals surface area contributed by atoms with Crippen LogP contribution in [0.5, 0.6) is 0 Å². The average molecular weight is 338 g/mol. The van der Waals surface area contributed by atoms with Crippen LogP contribution >= 0.6 is 23.2 Å². The SMILES string of the molecule is CC1CN(S(=O)(=O)c2cnc(Cl)c(Cl)c2)CC1N(C)C. The lowest BCUT2D eigenvalue weighted by Crippen LogP contribution is -2.35. The molecule has 2 atom stereocenters. The summed E-state index contributed by atoms with van der Waals surface area (Å²) in [4.78, 5) is 5.94. The van der Waals surface area contributed by atoms with Crippen LogP contribution in [-0.4, -0.2) is 55.8 Å². The van der Waals surface area contributed by atoms with Crippen LogP contribution in [0.1, 0.15) is 6.92 Å². The summed E-state index contributed by atoms with van der Waals surface area (Å²) < 4.78 is 26.6. The summed E-state index contributed by atoms with van der Waals surface area (Å²) in [7, 11) is 0.336. The predicted octanol–water partition coefficient (Wildman–Crippen LogP) is 1.96. The van der Waals surface area contributed by atoms with Crippen molar-refractivity contribution in [3.63, 3.8) is 0 Å². The normalized spacial score (nSPS) is 24.5. The lowest BCUT2D eigenvalue weighted by Gasteiger charge is -2.22. The highest BCUT2D eigenvalue weighted by molar-refractivity contribution is 7.89. The van der Waals surface area contributed by atoms with Crippen molar-refractivity contribution in [1.29, 1.82) is 0 Å². The monoisotopic (exact) mass is 337 g/mol. The minimum Gasteiger partial charge on any atom is -0.305 e. The average Bonchev–Trinajstić information content (AvgIpc) is 2.75. The van der Waals surface area contributed by atoms with Gasteiger partial charge in [0.1, 0.15) is 10.0 Å². The van der Waals surface area contributed by atoms with E-state index < -0.39 is 10.0 Å². The third kappa shape index (κ3) is 2.94. The molecule has 0 saturated carbocycles. The van der Waals surface area contributed by atoms with E-state index in [9.17, 15) is 8.42 Å². The van der Waals surface area contributed by atoms with Crippen molar-refractivity contribution in [2.24, 2.45) is 5.92 Å². The number of pyridine rings is 1. The summed E-state index contributed by atoms with van der Waals surface area (Å²) in [5.41, 5.74) is 0. The fourth-order valence-corrected chi connectivity index (χ4v) is 4.33. The molecule has 2 heterocycles. The molecular formula is C12H17Cl2N3O2S. The van der Waals surface area contributed by atoms with E-state index in [-0.39, 0.29) is 27.0 Å². The Labute approximate surface area is 129 Å². The second-order valence-corrected chi connectivity index (χ2v) is 7.98. The van der Waals surface area contributed by atoms with E-state index in [1.807, 2.05) is 25.9 Å². The molecule has 2 rings (SSSR count). The second kappa shape index (κ2) is 5.77. The molecule has 0 N–H and O–H groups in total. The molecule has 2 unspecified atom stereocenters. The van der Waals surface area contributed by atoms with Gasteiger partial charge in [-0.2, -0.15) is 4.31 Å². The van der Waals surface area contributed by atoms with E-state index in [4.69, 9.17) is 23.2 Å². The molecule has 1 fully saturated rings. The molecule has 5 nitrogen and oxygen atoms in total. The Kier molecular flexibility index (Phi) is 4.61. The fourth-order valence-electron chi connectivity index (χ4n) is 2.47. The summed E-state index contributed by atoms with van der Waals surface area (Å²) in [6, 6.07) is 1.56. The maximum atomic E-state index is 12.6. The third-order valence-corrected chi connectivity index (χ3v) is 6.09. The van der Waals surface area contributed by atoms with E-state index in [1.165, 1.54) is 16.6 Å². The number of aromatic nitrogens is 1. The molecule has 20 heavy (non-hydrogen) atoms. The van der Waals surface area contributed by atoms with E-state index in [0.29, 0.717) is 13.1 Å². The quantitative estimate of drug-likeness (QED) is 0.791. The number of hydrogen-bond donors (Lipinski definition) is 0. The van der Waals surface area contributed by atoms with Gasteiger partial charge in [-0.05, 0) is 26.1 Å². The van der Waals surface area contributed by atoms with E-state index in [0.717, 1.165) is 0 Å².